The van der Waals surface area contributed by atoms with Gasteiger partial charge in [-0.2, -0.15) is 0 Å². The summed E-state index contributed by atoms with van der Waals surface area (Å²) in [4.78, 5) is 30.5. The number of carbonyl (C=O) groups excluding carboxylic acids is 2. The van der Waals surface area contributed by atoms with Crippen molar-refractivity contribution in [3.63, 3.8) is 0 Å². The van der Waals surface area contributed by atoms with Crippen LogP contribution in [0.15, 0.2) is 59.6 Å². The molecule has 0 spiro atoms. The number of carbonyl (C=O) groups is 2. The molecule has 3 aromatic rings. The number of anilines is 1. The predicted octanol–water partition coefficient (Wildman–Crippen LogP) is 8.31. The van der Waals surface area contributed by atoms with Gasteiger partial charge in [0.25, 0.3) is 0 Å². The summed E-state index contributed by atoms with van der Waals surface area (Å²) in [7, 11) is -3.94. The number of thiazole rings is 1. The van der Waals surface area contributed by atoms with Crippen molar-refractivity contribution in [2.45, 2.75) is 127 Å². The molecule has 2 bridgehead atoms. The maximum Gasteiger partial charge on any atom is 0.319 e. The Labute approximate surface area is 289 Å². The molecule has 9 nitrogen and oxygen atoms in total. The maximum atomic E-state index is 13.8. The lowest BCUT2D eigenvalue weighted by Gasteiger charge is -2.53. The maximum absolute atomic E-state index is 13.8. The fraction of sp³-hybridized carbons (Fsp3) is 0.541. The number of urea groups is 1. The van der Waals surface area contributed by atoms with Gasteiger partial charge >= 0.3 is 12.0 Å². The number of ether oxygens (including phenoxy) is 1. The quantitative estimate of drug-likeness (QED) is 0.122. The van der Waals surface area contributed by atoms with Crippen LogP contribution >= 0.6 is 11.3 Å². The summed E-state index contributed by atoms with van der Waals surface area (Å²) in [5.74, 6) is -0.103. The average Bonchev–Trinajstić information content (AvgIpc) is 3.53. The van der Waals surface area contributed by atoms with E-state index in [4.69, 9.17) is 9.72 Å². The van der Waals surface area contributed by atoms with Crippen molar-refractivity contribution < 1.29 is 22.7 Å². The second-order valence-corrected chi connectivity index (χ2v) is 17.6. The summed E-state index contributed by atoms with van der Waals surface area (Å²) in [5.41, 5.74) is 1.59. The fourth-order valence-corrected chi connectivity index (χ4v) is 10.1. The molecule has 3 aliphatic rings. The van der Waals surface area contributed by atoms with Crippen molar-refractivity contribution in [1.29, 1.82) is 0 Å². The average molecular weight is 695 g/mol. The van der Waals surface area contributed by atoms with Crippen LogP contribution < -0.4 is 15.4 Å². The number of fused-ring (bicyclic) bond motifs is 3. The molecule has 6 rings (SSSR count). The zero-order chi connectivity index (χ0) is 34.6. The second-order valence-electron chi connectivity index (χ2n) is 14.9. The normalized spacial score (nSPS) is 20.9. The van der Waals surface area contributed by atoms with Crippen molar-refractivity contribution in [2.24, 2.45) is 5.41 Å². The summed E-state index contributed by atoms with van der Waals surface area (Å²) in [6, 6.07) is 14.2. The Morgan fingerprint density at radius 1 is 0.979 bits per heavy atom. The minimum absolute atomic E-state index is 0.0206. The number of unbranched alkanes of at least 4 members (excludes halogenated alkanes) is 1. The third-order valence-electron chi connectivity index (χ3n) is 9.60. The lowest BCUT2D eigenvalue weighted by atomic mass is 9.53. The van der Waals surface area contributed by atoms with Crippen LogP contribution in [0.3, 0.4) is 0 Å². The number of aromatic nitrogens is 1. The Morgan fingerprint density at radius 3 is 2.31 bits per heavy atom. The van der Waals surface area contributed by atoms with Crippen LogP contribution in [0.25, 0.3) is 10.4 Å². The number of sulfonamides is 1. The molecule has 3 fully saturated rings. The second kappa shape index (κ2) is 14.7. The molecule has 0 atom stereocenters. The number of nitrogens with one attached hydrogen (secondary N) is 3. The molecule has 260 valence electrons. The first-order chi connectivity index (χ1) is 22.7. The zero-order valence-corrected chi connectivity index (χ0v) is 30.5. The molecule has 2 aromatic carbocycles. The van der Waals surface area contributed by atoms with Gasteiger partial charge in [-0.25, -0.2) is 22.9 Å². The van der Waals surface area contributed by atoms with Crippen LogP contribution in [0, 0.1) is 5.41 Å². The highest BCUT2D eigenvalue weighted by Crippen LogP contribution is 2.60. The fourth-order valence-electron chi connectivity index (χ4n) is 7.13. The molecule has 0 aliphatic heterocycles. The molecule has 11 heteroatoms. The van der Waals surface area contributed by atoms with Gasteiger partial charge in [0.1, 0.15) is 0 Å². The Balaban J connectivity index is 1.29. The minimum Gasteiger partial charge on any atom is -0.463 e. The van der Waals surface area contributed by atoms with Crippen LogP contribution in [0.5, 0.6) is 0 Å². The number of esters is 1. The van der Waals surface area contributed by atoms with Crippen molar-refractivity contribution in [1.82, 2.24) is 15.0 Å². The molecule has 1 aromatic heterocycles. The van der Waals surface area contributed by atoms with Gasteiger partial charge in [-0.15, -0.1) is 11.3 Å². The van der Waals surface area contributed by atoms with Crippen LogP contribution in [0.2, 0.25) is 0 Å². The number of hydrogen-bond donors (Lipinski definition) is 3. The first-order valence-electron chi connectivity index (χ1n) is 17.1. The molecule has 0 unspecified atom stereocenters. The van der Waals surface area contributed by atoms with Gasteiger partial charge in [-0.3, -0.25) is 4.79 Å². The molecule has 0 radical (unpaired) electrons. The lowest BCUT2D eigenvalue weighted by molar-refractivity contribution is -0.147. The molecular formula is C37H50N4O5S2. The van der Waals surface area contributed by atoms with E-state index in [1.807, 2.05) is 50.4 Å². The van der Waals surface area contributed by atoms with Gasteiger partial charge in [0, 0.05) is 41.4 Å². The third kappa shape index (κ3) is 9.03. The highest BCUT2D eigenvalue weighted by molar-refractivity contribution is 7.89. The number of benzene rings is 2. The summed E-state index contributed by atoms with van der Waals surface area (Å²) >= 11 is 1.59. The van der Waals surface area contributed by atoms with Crippen molar-refractivity contribution in [3.05, 3.63) is 65.3 Å². The van der Waals surface area contributed by atoms with Crippen molar-refractivity contribution in [3.8, 4) is 10.4 Å². The van der Waals surface area contributed by atoms with E-state index in [2.05, 4.69) is 15.4 Å². The first kappa shape index (κ1) is 36.0. The molecule has 2 amide bonds. The lowest BCUT2D eigenvalue weighted by Crippen LogP contribution is -2.44. The van der Waals surface area contributed by atoms with E-state index >= 15 is 0 Å². The van der Waals surface area contributed by atoms with Crippen molar-refractivity contribution in [2.75, 3.05) is 5.32 Å². The molecule has 48 heavy (non-hydrogen) atoms. The Hall–Kier alpha value is -3.28. The molecule has 3 aliphatic carbocycles. The van der Waals surface area contributed by atoms with Crippen LogP contribution in [0.4, 0.5) is 10.5 Å². The summed E-state index contributed by atoms with van der Waals surface area (Å²) < 4.78 is 35.6. The summed E-state index contributed by atoms with van der Waals surface area (Å²) in [5, 5.41) is 6.71. The van der Waals surface area contributed by atoms with E-state index in [0.717, 1.165) is 73.2 Å². The number of amides is 2. The topological polar surface area (TPSA) is 126 Å². The molecule has 1 heterocycles. The van der Waals surface area contributed by atoms with Crippen LogP contribution in [0.1, 0.15) is 109 Å². The van der Waals surface area contributed by atoms with Crippen LogP contribution in [-0.4, -0.2) is 37.0 Å². The monoisotopic (exact) mass is 694 g/mol. The van der Waals surface area contributed by atoms with Gasteiger partial charge < -0.3 is 15.4 Å². The van der Waals surface area contributed by atoms with E-state index in [9.17, 15) is 18.0 Å². The third-order valence-corrected chi connectivity index (χ3v) is 12.7. The number of nitrogens with zero attached hydrogens (tertiary/aromatic N) is 1. The smallest absolute Gasteiger partial charge is 0.319 e. The molecule has 3 N–H and O–H groups in total. The van der Waals surface area contributed by atoms with E-state index in [1.54, 1.807) is 44.2 Å². The summed E-state index contributed by atoms with van der Waals surface area (Å²) in [6.07, 6.45) is 12.0. The highest BCUT2D eigenvalue weighted by atomic mass is 32.2. The molecule has 0 saturated heterocycles. The Bertz CT molecular complexity index is 1670. The number of rotatable bonds is 13. The van der Waals surface area contributed by atoms with E-state index in [0.29, 0.717) is 29.6 Å². The van der Waals surface area contributed by atoms with E-state index < -0.39 is 21.6 Å². The predicted molar refractivity (Wildman–Crippen MR) is 191 cm³/mol. The van der Waals surface area contributed by atoms with E-state index in [1.165, 1.54) is 6.07 Å². The van der Waals surface area contributed by atoms with Gasteiger partial charge in [0.15, 0.2) is 0 Å². The van der Waals surface area contributed by atoms with Gasteiger partial charge in [-0.1, -0.05) is 42.8 Å². The number of hydrogen-bond acceptors (Lipinski definition) is 7. The van der Waals surface area contributed by atoms with Gasteiger partial charge in [-0.05, 0) is 109 Å². The highest BCUT2D eigenvalue weighted by Gasteiger charge is 2.50. The minimum atomic E-state index is -3.94. The Kier molecular flexibility index (Phi) is 11.0. The van der Waals surface area contributed by atoms with Gasteiger partial charge in [0.05, 0.1) is 20.9 Å². The Morgan fingerprint density at radius 2 is 1.67 bits per heavy atom. The standard InChI is InChI=1S/C37H50N4O5S2/c1-26(2)46-32(42)13-9-10-16-36-17-20-37(21-18-36,22-19-36)33-38-25-30(47-33)29-15-14-28(23-31(29)48(44,45)41-35(3,4)5)40-34(43)39-24-27-11-7-6-8-12-27/h6-8,11-12,14-15,23,25-26,41H,9-10,13,16-22,24H2,1-5H3,(H2,39,40,43). The zero-order valence-electron chi connectivity index (χ0n) is 28.9. The SMILES string of the molecule is CC(C)OC(=O)CCCCC12CCC(c3ncc(-c4ccc(NC(=O)NCc5ccccc5)cc4S(=O)(=O)NC(C)(C)C)s3)(CC1)CC2. The summed E-state index contributed by atoms with van der Waals surface area (Å²) in [6.45, 7) is 9.53. The molecular weight excluding hydrogens is 645 g/mol. The van der Waals surface area contributed by atoms with E-state index in [-0.39, 0.29) is 22.4 Å². The largest absolute Gasteiger partial charge is 0.463 e. The van der Waals surface area contributed by atoms with Crippen LogP contribution in [-0.2, 0) is 31.5 Å². The van der Waals surface area contributed by atoms with Gasteiger partial charge in [0.2, 0.25) is 10.0 Å². The molecule has 3 saturated carbocycles. The first-order valence-corrected chi connectivity index (χ1v) is 19.4. The van der Waals surface area contributed by atoms with Crippen molar-refractivity contribution >= 4 is 39.0 Å².